The summed E-state index contributed by atoms with van der Waals surface area (Å²) < 4.78 is 35.4. The van der Waals surface area contributed by atoms with Crippen LogP contribution in [0, 0.1) is 0 Å². The topological polar surface area (TPSA) is 82.6 Å². The normalized spacial score (nSPS) is 11.2. The number of aromatic nitrogens is 1. The van der Waals surface area contributed by atoms with Crippen LogP contribution in [0.1, 0.15) is 17.3 Å². The van der Waals surface area contributed by atoms with Crippen LogP contribution in [0.15, 0.2) is 41.9 Å². The van der Waals surface area contributed by atoms with E-state index in [0.29, 0.717) is 16.7 Å². The van der Waals surface area contributed by atoms with Crippen LogP contribution in [0.25, 0.3) is 10.9 Å². The molecule has 1 aromatic carbocycles. The van der Waals surface area contributed by atoms with Crippen LogP contribution in [0.3, 0.4) is 0 Å². The van der Waals surface area contributed by atoms with Crippen LogP contribution < -0.4 is 4.74 Å². The maximum absolute atomic E-state index is 12.6. The van der Waals surface area contributed by atoms with Gasteiger partial charge in [0.2, 0.25) is 0 Å². The minimum atomic E-state index is -3.77. The molecule has 7 heteroatoms. The molecule has 0 aliphatic heterocycles. The second-order valence-electron chi connectivity index (χ2n) is 4.65. The second-order valence-corrected chi connectivity index (χ2v) is 6.62. The standard InChI is InChI=1S/C16H17NO5S/c1-4-9-23(19,20)15-11-7-6-8-13(21-3)14(11)17-10-12(15)16(18)22-5-2/h4,6-8,10H,1,5,9H2,2-3H3. The van der Waals surface area contributed by atoms with Gasteiger partial charge in [0.25, 0.3) is 0 Å². The van der Waals surface area contributed by atoms with Crippen molar-refractivity contribution in [3.63, 3.8) is 0 Å². The monoisotopic (exact) mass is 335 g/mol. The van der Waals surface area contributed by atoms with Crippen molar-refractivity contribution in [2.24, 2.45) is 0 Å². The van der Waals surface area contributed by atoms with E-state index >= 15 is 0 Å². The van der Waals surface area contributed by atoms with E-state index in [1.807, 2.05) is 0 Å². The molecule has 23 heavy (non-hydrogen) atoms. The lowest BCUT2D eigenvalue weighted by Crippen LogP contribution is -2.15. The summed E-state index contributed by atoms with van der Waals surface area (Å²) in [6.07, 6.45) is 2.48. The number of fused-ring (bicyclic) bond motifs is 1. The number of nitrogens with zero attached hydrogens (tertiary/aromatic N) is 1. The van der Waals surface area contributed by atoms with E-state index in [0.717, 1.165) is 0 Å². The van der Waals surface area contributed by atoms with Crippen molar-refractivity contribution in [2.45, 2.75) is 11.8 Å². The molecule has 122 valence electrons. The number of methoxy groups -OCH3 is 1. The first kappa shape index (κ1) is 17.0. The number of carbonyl (C=O) groups excluding carboxylic acids is 1. The number of para-hydroxylation sites is 1. The van der Waals surface area contributed by atoms with Crippen molar-refractivity contribution < 1.29 is 22.7 Å². The summed E-state index contributed by atoms with van der Waals surface area (Å²) in [6.45, 7) is 5.24. The zero-order chi connectivity index (χ0) is 17.0. The van der Waals surface area contributed by atoms with Gasteiger partial charge < -0.3 is 9.47 Å². The summed E-state index contributed by atoms with van der Waals surface area (Å²) in [4.78, 5) is 16.2. The Morgan fingerprint density at radius 3 is 2.74 bits per heavy atom. The highest BCUT2D eigenvalue weighted by molar-refractivity contribution is 7.91. The first-order valence-corrected chi connectivity index (χ1v) is 8.58. The van der Waals surface area contributed by atoms with Crippen LogP contribution in [0.5, 0.6) is 5.75 Å². The third-order valence-electron chi connectivity index (χ3n) is 3.17. The molecule has 0 aliphatic rings. The number of benzene rings is 1. The molecule has 2 rings (SSSR count). The molecule has 0 saturated heterocycles. The predicted molar refractivity (Wildman–Crippen MR) is 86.5 cm³/mol. The minimum absolute atomic E-state index is 0.0885. The van der Waals surface area contributed by atoms with Crippen LogP contribution in [-0.4, -0.2) is 38.8 Å². The number of carbonyl (C=O) groups is 1. The Morgan fingerprint density at radius 2 is 2.13 bits per heavy atom. The maximum atomic E-state index is 12.6. The fourth-order valence-electron chi connectivity index (χ4n) is 2.26. The average molecular weight is 335 g/mol. The van der Waals surface area contributed by atoms with Crippen LogP contribution >= 0.6 is 0 Å². The molecule has 0 bridgehead atoms. The minimum Gasteiger partial charge on any atom is -0.494 e. The molecule has 1 heterocycles. The lowest BCUT2D eigenvalue weighted by atomic mass is 10.1. The average Bonchev–Trinajstić information content (AvgIpc) is 2.53. The van der Waals surface area contributed by atoms with Gasteiger partial charge in [-0.2, -0.15) is 0 Å². The Kier molecular flexibility index (Phi) is 5.00. The summed E-state index contributed by atoms with van der Waals surface area (Å²) in [5.41, 5.74) is 0.278. The van der Waals surface area contributed by atoms with Gasteiger partial charge in [0.1, 0.15) is 11.3 Å². The van der Waals surface area contributed by atoms with Gasteiger partial charge in [-0.15, -0.1) is 6.58 Å². The molecule has 0 amide bonds. The highest BCUT2D eigenvalue weighted by atomic mass is 32.2. The SMILES string of the molecule is C=CCS(=O)(=O)c1c(C(=O)OCC)cnc2c(OC)cccc12. The number of hydrogen-bond donors (Lipinski definition) is 0. The Bertz CT molecular complexity index is 858. The largest absolute Gasteiger partial charge is 0.494 e. The molecule has 0 unspecified atom stereocenters. The van der Waals surface area contributed by atoms with Gasteiger partial charge in [0.15, 0.2) is 9.84 Å². The number of rotatable bonds is 6. The summed E-state index contributed by atoms with van der Waals surface area (Å²) in [7, 11) is -2.30. The molecule has 6 nitrogen and oxygen atoms in total. The lowest BCUT2D eigenvalue weighted by molar-refractivity contribution is 0.0521. The third-order valence-corrected chi connectivity index (χ3v) is 4.91. The van der Waals surface area contributed by atoms with Gasteiger partial charge in [0.05, 0.1) is 29.9 Å². The molecule has 0 aliphatic carbocycles. The molecule has 0 atom stereocenters. The molecule has 0 spiro atoms. The van der Waals surface area contributed by atoms with Gasteiger partial charge in [-0.25, -0.2) is 13.2 Å². The first-order chi connectivity index (χ1) is 11.0. The smallest absolute Gasteiger partial charge is 0.341 e. The Morgan fingerprint density at radius 1 is 1.39 bits per heavy atom. The number of hydrogen-bond acceptors (Lipinski definition) is 6. The number of sulfone groups is 1. The first-order valence-electron chi connectivity index (χ1n) is 6.92. The zero-order valence-corrected chi connectivity index (χ0v) is 13.7. The molecular weight excluding hydrogens is 318 g/mol. The van der Waals surface area contributed by atoms with Crippen LogP contribution in [-0.2, 0) is 14.6 Å². The van der Waals surface area contributed by atoms with E-state index in [2.05, 4.69) is 11.6 Å². The third kappa shape index (κ3) is 3.19. The van der Waals surface area contributed by atoms with Gasteiger partial charge in [-0.05, 0) is 13.0 Å². The Labute approximate surface area is 134 Å². The van der Waals surface area contributed by atoms with E-state index in [1.54, 1.807) is 25.1 Å². The van der Waals surface area contributed by atoms with E-state index in [1.165, 1.54) is 19.4 Å². The van der Waals surface area contributed by atoms with E-state index in [9.17, 15) is 13.2 Å². The molecule has 0 radical (unpaired) electrons. The van der Waals surface area contributed by atoms with Gasteiger partial charge >= 0.3 is 5.97 Å². The van der Waals surface area contributed by atoms with Crippen molar-refractivity contribution in [3.8, 4) is 5.75 Å². The van der Waals surface area contributed by atoms with Crippen molar-refractivity contribution in [2.75, 3.05) is 19.5 Å². The molecule has 2 aromatic rings. The quantitative estimate of drug-likeness (QED) is 0.595. The second kappa shape index (κ2) is 6.78. The predicted octanol–water partition coefficient (Wildman–Crippen LogP) is 2.38. The van der Waals surface area contributed by atoms with E-state index in [-0.39, 0.29) is 22.8 Å². The van der Waals surface area contributed by atoms with Crippen molar-refractivity contribution in [3.05, 3.63) is 42.6 Å². The number of ether oxygens (including phenoxy) is 2. The van der Waals surface area contributed by atoms with Crippen molar-refractivity contribution in [1.82, 2.24) is 4.98 Å². The maximum Gasteiger partial charge on any atom is 0.341 e. The molecular formula is C16H17NO5S. The molecule has 1 aromatic heterocycles. The van der Waals surface area contributed by atoms with Gasteiger partial charge in [-0.3, -0.25) is 4.98 Å². The Hall–Kier alpha value is -2.41. The van der Waals surface area contributed by atoms with Crippen LogP contribution in [0.4, 0.5) is 0 Å². The fourth-order valence-corrected chi connectivity index (χ4v) is 3.71. The van der Waals surface area contributed by atoms with E-state index in [4.69, 9.17) is 9.47 Å². The van der Waals surface area contributed by atoms with Crippen molar-refractivity contribution >= 4 is 26.7 Å². The van der Waals surface area contributed by atoms with Crippen molar-refractivity contribution in [1.29, 1.82) is 0 Å². The molecule has 0 fully saturated rings. The van der Waals surface area contributed by atoms with Gasteiger partial charge in [-0.1, -0.05) is 18.2 Å². The van der Waals surface area contributed by atoms with Gasteiger partial charge in [0, 0.05) is 11.6 Å². The molecule has 0 saturated carbocycles. The molecule has 0 N–H and O–H groups in total. The summed E-state index contributed by atoms with van der Waals surface area (Å²) in [5, 5.41) is 0.316. The fraction of sp³-hybridized carbons (Fsp3) is 0.250. The lowest BCUT2D eigenvalue weighted by Gasteiger charge is -2.13. The summed E-state index contributed by atoms with van der Waals surface area (Å²) >= 11 is 0. The number of pyridine rings is 1. The van der Waals surface area contributed by atoms with Crippen LogP contribution in [0.2, 0.25) is 0 Å². The number of esters is 1. The zero-order valence-electron chi connectivity index (χ0n) is 12.9. The highest BCUT2D eigenvalue weighted by Crippen LogP contribution is 2.31. The highest BCUT2D eigenvalue weighted by Gasteiger charge is 2.26. The summed E-state index contributed by atoms with van der Waals surface area (Å²) in [6, 6.07) is 4.90. The Balaban J connectivity index is 2.88. The van der Waals surface area contributed by atoms with E-state index < -0.39 is 15.8 Å². The summed E-state index contributed by atoms with van der Waals surface area (Å²) in [5.74, 6) is -0.601.